The van der Waals surface area contributed by atoms with Crippen LogP contribution in [-0.2, 0) is 6.54 Å². The van der Waals surface area contributed by atoms with Crippen LogP contribution < -0.4 is 0 Å². The van der Waals surface area contributed by atoms with Crippen molar-refractivity contribution in [2.45, 2.75) is 39.3 Å². The first kappa shape index (κ1) is 9.71. The van der Waals surface area contributed by atoms with Crippen LogP contribution in [0, 0.1) is 11.8 Å². The molecule has 3 heteroatoms. The molecule has 1 aromatic heterocycles. The Morgan fingerprint density at radius 2 is 2.36 bits per heavy atom. The minimum Gasteiger partial charge on any atom is -0.385 e. The molecule has 78 valence electrons. The normalized spacial score (nSPS) is 20.8. The zero-order chi connectivity index (χ0) is 10.1. The van der Waals surface area contributed by atoms with Crippen molar-refractivity contribution in [3.8, 4) is 0 Å². The van der Waals surface area contributed by atoms with E-state index >= 15 is 0 Å². The van der Waals surface area contributed by atoms with Gasteiger partial charge in [-0.3, -0.25) is 0 Å². The summed E-state index contributed by atoms with van der Waals surface area (Å²) in [6, 6.07) is 0. The lowest BCUT2D eigenvalue weighted by Gasteiger charge is -2.18. The average Bonchev–Trinajstić information content (AvgIpc) is 2.94. The monoisotopic (exact) mass is 194 g/mol. The molecule has 1 heterocycles. The summed E-state index contributed by atoms with van der Waals surface area (Å²) in [5, 5.41) is 10.1. The van der Waals surface area contributed by atoms with Crippen LogP contribution in [0.3, 0.4) is 0 Å². The van der Waals surface area contributed by atoms with Crippen LogP contribution in [-0.4, -0.2) is 14.7 Å². The van der Waals surface area contributed by atoms with Gasteiger partial charge in [0.25, 0.3) is 0 Å². The molecule has 0 saturated heterocycles. The van der Waals surface area contributed by atoms with Gasteiger partial charge in [-0.15, -0.1) is 0 Å². The summed E-state index contributed by atoms with van der Waals surface area (Å²) in [5.41, 5.74) is 0. The van der Waals surface area contributed by atoms with Crippen molar-refractivity contribution in [3.05, 3.63) is 18.2 Å². The van der Waals surface area contributed by atoms with Crippen LogP contribution in [0.4, 0.5) is 0 Å². The fourth-order valence-corrected chi connectivity index (χ4v) is 1.97. The second kappa shape index (κ2) is 3.73. The molecule has 1 aliphatic rings. The van der Waals surface area contributed by atoms with Gasteiger partial charge >= 0.3 is 0 Å². The van der Waals surface area contributed by atoms with Crippen molar-refractivity contribution >= 4 is 0 Å². The standard InChI is InChI=1S/C11H18N2O/c1-3-13-7-6-12-11(13)10(14)8(2)9-4-5-9/h6-10,14H,3-5H2,1-2H3. The molecule has 1 aromatic rings. The summed E-state index contributed by atoms with van der Waals surface area (Å²) < 4.78 is 2.02. The first-order valence-corrected chi connectivity index (χ1v) is 5.43. The van der Waals surface area contributed by atoms with E-state index in [1.807, 2.05) is 10.8 Å². The first-order valence-electron chi connectivity index (χ1n) is 5.43. The quantitative estimate of drug-likeness (QED) is 0.796. The average molecular weight is 194 g/mol. The highest BCUT2D eigenvalue weighted by Crippen LogP contribution is 2.42. The minimum absolute atomic E-state index is 0.350. The highest BCUT2D eigenvalue weighted by Gasteiger charge is 2.34. The fourth-order valence-electron chi connectivity index (χ4n) is 1.97. The molecule has 2 atom stereocenters. The summed E-state index contributed by atoms with van der Waals surface area (Å²) in [4.78, 5) is 4.23. The number of aliphatic hydroxyl groups excluding tert-OH is 1. The molecule has 2 rings (SSSR count). The Labute approximate surface area is 84.8 Å². The predicted octanol–water partition coefficient (Wildman–Crippen LogP) is 1.98. The summed E-state index contributed by atoms with van der Waals surface area (Å²) in [7, 11) is 0. The molecular weight excluding hydrogens is 176 g/mol. The van der Waals surface area contributed by atoms with Crippen LogP contribution in [0.1, 0.15) is 38.6 Å². The summed E-state index contributed by atoms with van der Waals surface area (Å²) in [5.74, 6) is 1.89. The SMILES string of the molecule is CCn1ccnc1C(O)C(C)C1CC1. The molecule has 1 N–H and O–H groups in total. The Morgan fingerprint density at radius 1 is 1.64 bits per heavy atom. The molecule has 0 aliphatic heterocycles. The van der Waals surface area contributed by atoms with Gasteiger partial charge in [-0.2, -0.15) is 0 Å². The molecule has 1 aliphatic carbocycles. The van der Waals surface area contributed by atoms with E-state index in [0.29, 0.717) is 11.8 Å². The van der Waals surface area contributed by atoms with Crippen molar-refractivity contribution in [1.29, 1.82) is 0 Å². The van der Waals surface area contributed by atoms with Crippen molar-refractivity contribution in [2.75, 3.05) is 0 Å². The molecule has 0 spiro atoms. The number of rotatable bonds is 4. The molecule has 3 nitrogen and oxygen atoms in total. The Balaban J connectivity index is 2.12. The Hall–Kier alpha value is -0.830. The second-order valence-electron chi connectivity index (χ2n) is 4.21. The molecule has 0 amide bonds. The number of nitrogens with zero attached hydrogens (tertiary/aromatic N) is 2. The maximum absolute atomic E-state index is 10.1. The van der Waals surface area contributed by atoms with Gasteiger partial charge in [0, 0.05) is 18.9 Å². The van der Waals surface area contributed by atoms with E-state index in [-0.39, 0.29) is 0 Å². The molecule has 1 fully saturated rings. The maximum Gasteiger partial charge on any atom is 0.137 e. The fraction of sp³-hybridized carbons (Fsp3) is 0.727. The van der Waals surface area contributed by atoms with Gasteiger partial charge in [0.15, 0.2) is 0 Å². The van der Waals surface area contributed by atoms with E-state index in [0.717, 1.165) is 12.4 Å². The lowest BCUT2D eigenvalue weighted by Crippen LogP contribution is -2.16. The summed E-state index contributed by atoms with van der Waals surface area (Å²) in [6.45, 7) is 5.07. The third kappa shape index (κ3) is 1.69. The third-order valence-electron chi connectivity index (χ3n) is 3.22. The molecule has 0 radical (unpaired) electrons. The lowest BCUT2D eigenvalue weighted by atomic mass is 9.99. The molecule has 2 unspecified atom stereocenters. The molecule has 0 aromatic carbocycles. The van der Waals surface area contributed by atoms with Gasteiger partial charge in [-0.05, 0) is 31.6 Å². The molecule has 14 heavy (non-hydrogen) atoms. The number of hydrogen-bond donors (Lipinski definition) is 1. The minimum atomic E-state index is -0.391. The second-order valence-corrected chi connectivity index (χ2v) is 4.21. The van der Waals surface area contributed by atoms with Gasteiger partial charge in [-0.25, -0.2) is 4.98 Å². The van der Waals surface area contributed by atoms with E-state index < -0.39 is 6.10 Å². The Bertz CT molecular complexity index is 304. The molecule has 1 saturated carbocycles. The van der Waals surface area contributed by atoms with Crippen molar-refractivity contribution in [3.63, 3.8) is 0 Å². The van der Waals surface area contributed by atoms with Crippen molar-refractivity contribution in [1.82, 2.24) is 9.55 Å². The number of aryl methyl sites for hydroxylation is 1. The van der Waals surface area contributed by atoms with Gasteiger partial charge < -0.3 is 9.67 Å². The van der Waals surface area contributed by atoms with Crippen LogP contribution in [0.15, 0.2) is 12.4 Å². The van der Waals surface area contributed by atoms with Crippen LogP contribution >= 0.6 is 0 Å². The number of aromatic nitrogens is 2. The van der Waals surface area contributed by atoms with Crippen molar-refractivity contribution < 1.29 is 5.11 Å². The summed E-state index contributed by atoms with van der Waals surface area (Å²) in [6.07, 6.45) is 5.84. The smallest absolute Gasteiger partial charge is 0.137 e. The van der Waals surface area contributed by atoms with Crippen LogP contribution in [0.25, 0.3) is 0 Å². The highest BCUT2D eigenvalue weighted by atomic mass is 16.3. The van der Waals surface area contributed by atoms with E-state index in [1.54, 1.807) is 6.20 Å². The first-order chi connectivity index (χ1) is 6.74. The van der Waals surface area contributed by atoms with Crippen molar-refractivity contribution in [2.24, 2.45) is 11.8 Å². The predicted molar refractivity (Wildman–Crippen MR) is 54.7 cm³/mol. The Morgan fingerprint density at radius 3 is 2.93 bits per heavy atom. The van der Waals surface area contributed by atoms with Gasteiger partial charge in [0.05, 0.1) is 0 Å². The zero-order valence-electron chi connectivity index (χ0n) is 8.85. The van der Waals surface area contributed by atoms with Crippen LogP contribution in [0.5, 0.6) is 0 Å². The number of aliphatic hydroxyl groups is 1. The number of imidazole rings is 1. The molecular formula is C11H18N2O. The van der Waals surface area contributed by atoms with Gasteiger partial charge in [0.1, 0.15) is 11.9 Å². The van der Waals surface area contributed by atoms with E-state index in [4.69, 9.17) is 0 Å². The maximum atomic E-state index is 10.1. The lowest BCUT2D eigenvalue weighted by molar-refractivity contribution is 0.0936. The zero-order valence-corrected chi connectivity index (χ0v) is 8.85. The van der Waals surface area contributed by atoms with E-state index in [9.17, 15) is 5.11 Å². The summed E-state index contributed by atoms with van der Waals surface area (Å²) >= 11 is 0. The highest BCUT2D eigenvalue weighted by molar-refractivity contribution is 5.00. The third-order valence-corrected chi connectivity index (χ3v) is 3.22. The molecule has 0 bridgehead atoms. The topological polar surface area (TPSA) is 38.0 Å². The number of hydrogen-bond acceptors (Lipinski definition) is 2. The van der Waals surface area contributed by atoms with Gasteiger partial charge in [-0.1, -0.05) is 6.92 Å². The van der Waals surface area contributed by atoms with E-state index in [1.165, 1.54) is 12.8 Å². The Kier molecular flexibility index (Phi) is 2.59. The largest absolute Gasteiger partial charge is 0.385 e. The van der Waals surface area contributed by atoms with E-state index in [2.05, 4.69) is 18.8 Å². The van der Waals surface area contributed by atoms with Gasteiger partial charge in [0.2, 0.25) is 0 Å². The van der Waals surface area contributed by atoms with Crippen LogP contribution in [0.2, 0.25) is 0 Å².